The number of aromatic nitrogens is 1. The summed E-state index contributed by atoms with van der Waals surface area (Å²) in [5.74, 6) is 1.95. The summed E-state index contributed by atoms with van der Waals surface area (Å²) in [6, 6.07) is 10.0. The molecule has 38 heavy (non-hydrogen) atoms. The zero-order valence-corrected chi connectivity index (χ0v) is 22.3. The Morgan fingerprint density at radius 1 is 1.24 bits per heavy atom. The van der Waals surface area contributed by atoms with Gasteiger partial charge in [0.25, 0.3) is 0 Å². The predicted molar refractivity (Wildman–Crippen MR) is 145 cm³/mol. The van der Waals surface area contributed by atoms with Crippen molar-refractivity contribution in [1.82, 2.24) is 20.5 Å². The summed E-state index contributed by atoms with van der Waals surface area (Å²) in [4.78, 5) is 14.2. The van der Waals surface area contributed by atoms with Crippen molar-refractivity contribution in [2.24, 2.45) is 5.73 Å². The molecular weight excluding hydrogens is 508 g/mol. The van der Waals surface area contributed by atoms with E-state index in [1.54, 1.807) is 12.0 Å². The molecule has 3 aromatic rings. The monoisotopic (exact) mass is 540 g/mol. The number of carbonyl (C=O) groups is 1. The minimum Gasteiger partial charge on any atom is -0.496 e. The Balaban J connectivity index is 1.30. The van der Waals surface area contributed by atoms with Gasteiger partial charge in [-0.05, 0) is 59.3 Å². The number of methoxy groups -OCH3 is 1. The molecule has 1 aromatic heterocycles. The fraction of sp³-hybridized carbons (Fsp3) is 0.385. The Kier molecular flexibility index (Phi) is 8.11. The molecule has 0 unspecified atom stereocenters. The van der Waals surface area contributed by atoms with Crippen LogP contribution in [0.25, 0.3) is 11.0 Å². The van der Waals surface area contributed by atoms with Gasteiger partial charge in [-0.15, -0.1) is 0 Å². The van der Waals surface area contributed by atoms with Gasteiger partial charge in [-0.1, -0.05) is 18.1 Å². The van der Waals surface area contributed by atoms with E-state index in [-0.39, 0.29) is 6.09 Å². The molecule has 0 aliphatic carbocycles. The maximum Gasteiger partial charge on any atom is 0.410 e. The van der Waals surface area contributed by atoms with Gasteiger partial charge in [0.2, 0.25) is 0 Å². The number of nitrogens with zero attached hydrogens (tertiary/aromatic N) is 3. The van der Waals surface area contributed by atoms with Crippen molar-refractivity contribution in [3.8, 4) is 11.5 Å². The highest BCUT2D eigenvalue weighted by Gasteiger charge is 2.22. The molecule has 11 nitrogen and oxygen atoms in total. The first-order valence-electron chi connectivity index (χ1n) is 12.5. The van der Waals surface area contributed by atoms with Crippen LogP contribution in [0.1, 0.15) is 18.1 Å². The molecule has 12 heteroatoms. The van der Waals surface area contributed by atoms with E-state index < -0.39 is 0 Å². The topological polar surface area (TPSA) is 127 Å². The summed E-state index contributed by atoms with van der Waals surface area (Å²) in [6.07, 6.45) is 2.63. The zero-order valence-electron chi connectivity index (χ0n) is 21.5. The number of hydrogen-bond donors (Lipinski definition) is 3. The molecule has 2 aromatic carbocycles. The number of aryl methyl sites for hydroxylation is 1. The summed E-state index contributed by atoms with van der Waals surface area (Å²) < 4.78 is 25.7. The largest absolute Gasteiger partial charge is 0.496 e. The van der Waals surface area contributed by atoms with Crippen LogP contribution in [0.3, 0.4) is 0 Å². The molecule has 1 saturated heterocycles. The number of anilines is 1. The van der Waals surface area contributed by atoms with Crippen molar-refractivity contribution < 1.29 is 23.5 Å². The molecule has 202 valence electrons. The van der Waals surface area contributed by atoms with Crippen molar-refractivity contribution in [3.05, 3.63) is 53.2 Å². The van der Waals surface area contributed by atoms with Crippen LogP contribution in [0.15, 0.2) is 51.5 Å². The van der Waals surface area contributed by atoms with Crippen molar-refractivity contribution >= 4 is 34.8 Å². The van der Waals surface area contributed by atoms with Crippen LogP contribution in [0.5, 0.6) is 11.5 Å². The van der Waals surface area contributed by atoms with Crippen molar-refractivity contribution in [2.75, 3.05) is 51.2 Å². The van der Waals surface area contributed by atoms with Gasteiger partial charge in [0.1, 0.15) is 30.1 Å². The van der Waals surface area contributed by atoms with Crippen LogP contribution in [0, 0.1) is 0 Å². The summed E-state index contributed by atoms with van der Waals surface area (Å²) in [7, 11) is 1.63. The Bertz CT molecular complexity index is 1330. The highest BCUT2D eigenvalue weighted by Crippen LogP contribution is 2.38. The molecule has 0 bridgehead atoms. The number of benzene rings is 2. The third-order valence-corrected chi connectivity index (χ3v) is 7.25. The third kappa shape index (κ3) is 5.77. The number of rotatable bonds is 12. The number of fused-ring (bicyclic) bond motifs is 1. The van der Waals surface area contributed by atoms with Crippen LogP contribution < -0.4 is 25.4 Å². The van der Waals surface area contributed by atoms with Gasteiger partial charge >= 0.3 is 6.09 Å². The van der Waals surface area contributed by atoms with E-state index in [9.17, 15) is 4.79 Å². The van der Waals surface area contributed by atoms with Crippen LogP contribution in [0.4, 0.5) is 10.6 Å². The van der Waals surface area contributed by atoms with E-state index in [0.717, 1.165) is 40.1 Å². The van der Waals surface area contributed by atoms with Gasteiger partial charge in [0, 0.05) is 19.3 Å². The van der Waals surface area contributed by atoms with Gasteiger partial charge in [-0.25, -0.2) is 10.2 Å². The minimum atomic E-state index is -0.297. The molecule has 1 amide bonds. The van der Waals surface area contributed by atoms with Crippen molar-refractivity contribution in [1.29, 1.82) is 0 Å². The summed E-state index contributed by atoms with van der Waals surface area (Å²) in [5, 5.41) is 7.03. The summed E-state index contributed by atoms with van der Waals surface area (Å²) in [5.41, 5.74) is 13.0. The average molecular weight is 541 g/mol. The van der Waals surface area contributed by atoms with Gasteiger partial charge in [0.05, 0.1) is 31.6 Å². The number of nitrogens with two attached hydrogens (primary N) is 1. The second-order valence-electron chi connectivity index (χ2n) is 8.95. The summed E-state index contributed by atoms with van der Waals surface area (Å²) in [6.45, 7) is 5.86. The molecule has 0 saturated carbocycles. The molecule has 3 heterocycles. The fourth-order valence-corrected chi connectivity index (χ4v) is 5.10. The lowest BCUT2D eigenvalue weighted by molar-refractivity contribution is 0.153. The Morgan fingerprint density at radius 2 is 2.13 bits per heavy atom. The average Bonchev–Trinajstić information content (AvgIpc) is 3.67. The number of ether oxygens (including phenoxy) is 3. The highest BCUT2D eigenvalue weighted by atomic mass is 32.2. The lowest BCUT2D eigenvalue weighted by Crippen LogP contribution is -2.29. The van der Waals surface area contributed by atoms with E-state index in [1.165, 1.54) is 17.5 Å². The summed E-state index contributed by atoms with van der Waals surface area (Å²) >= 11 is 1.39. The number of hydrogen-bond acceptors (Lipinski definition) is 11. The van der Waals surface area contributed by atoms with E-state index >= 15 is 0 Å². The first kappa shape index (κ1) is 26.0. The lowest BCUT2D eigenvalue weighted by Gasteiger charge is -2.16. The molecule has 1 fully saturated rings. The Morgan fingerprint density at radius 3 is 2.87 bits per heavy atom. The molecule has 2 aliphatic heterocycles. The molecule has 0 atom stereocenters. The van der Waals surface area contributed by atoms with E-state index in [0.29, 0.717) is 56.5 Å². The number of hydrazine groups is 1. The van der Waals surface area contributed by atoms with E-state index in [4.69, 9.17) is 24.5 Å². The predicted octanol–water partition coefficient (Wildman–Crippen LogP) is 3.51. The number of cyclic esters (lactones) is 1. The van der Waals surface area contributed by atoms with Gasteiger partial charge < -0.3 is 39.1 Å². The Labute approximate surface area is 225 Å². The third-order valence-electron chi connectivity index (χ3n) is 6.42. The number of amides is 1. The zero-order chi connectivity index (χ0) is 26.5. The van der Waals surface area contributed by atoms with Gasteiger partial charge in [-0.2, -0.15) is 0 Å². The Hall–Kier alpha value is -3.61. The fourth-order valence-electron chi connectivity index (χ4n) is 4.32. The van der Waals surface area contributed by atoms with Crippen molar-refractivity contribution in [3.63, 3.8) is 0 Å². The highest BCUT2D eigenvalue weighted by molar-refractivity contribution is 8.00. The van der Waals surface area contributed by atoms with Crippen LogP contribution in [0.2, 0.25) is 0 Å². The lowest BCUT2D eigenvalue weighted by atomic mass is 10.1. The number of nitrogens with one attached hydrogen (secondary N) is 2. The maximum absolute atomic E-state index is 11.7. The van der Waals surface area contributed by atoms with E-state index in [2.05, 4.69) is 28.3 Å². The first-order chi connectivity index (χ1) is 18.6. The van der Waals surface area contributed by atoms with Gasteiger partial charge in [0.15, 0.2) is 11.4 Å². The van der Waals surface area contributed by atoms with Crippen LogP contribution in [-0.4, -0.2) is 67.7 Å². The van der Waals surface area contributed by atoms with Crippen LogP contribution >= 0.6 is 11.9 Å². The molecule has 4 N–H and O–H groups in total. The maximum atomic E-state index is 11.7. The second-order valence-corrected chi connectivity index (χ2v) is 9.79. The quantitative estimate of drug-likeness (QED) is 0.292. The van der Waals surface area contributed by atoms with Crippen LogP contribution in [-0.2, 0) is 17.7 Å². The van der Waals surface area contributed by atoms with Crippen molar-refractivity contribution in [2.45, 2.75) is 24.8 Å². The minimum absolute atomic E-state index is 0.297. The smallest absolute Gasteiger partial charge is 0.410 e. The normalized spacial score (nSPS) is 15.2. The molecule has 0 radical (unpaired) electrons. The SMILES string of the molecule is CCc1ccc(OCCN2CCOC2=O)c(SNc2noc3cc(CN4C=C(CN)CN4)cc(OC)c23)c1. The standard InChI is InChI=1S/C26H32N6O5S/c1-3-17-4-5-20(35-8-6-31-7-9-36-26(31)33)23(12-17)38-30-25-24-21(34-2)10-18(11-22(24)37-29-25)15-32-16-19(13-27)14-28-32/h4-5,10-12,16,28H,3,6-9,13-15,27H2,1-2H3,(H,29,30). The molecular formula is C26H32N6O5S. The van der Waals surface area contributed by atoms with E-state index in [1.807, 2.05) is 35.5 Å². The number of carbonyl (C=O) groups excluding carboxylic acids is 1. The molecule has 0 spiro atoms. The van der Waals surface area contributed by atoms with Gasteiger partial charge in [-0.3, -0.25) is 0 Å². The second kappa shape index (κ2) is 11.8. The molecule has 5 rings (SSSR count). The molecule has 2 aliphatic rings. The first-order valence-corrected chi connectivity index (χ1v) is 13.4.